The Bertz CT molecular complexity index is 421. The highest BCUT2D eigenvalue weighted by Crippen LogP contribution is 2.27. The summed E-state index contributed by atoms with van der Waals surface area (Å²) in [5.41, 5.74) is 0. The van der Waals surface area contributed by atoms with Crippen LogP contribution in [0.1, 0.15) is 0 Å². The van der Waals surface area contributed by atoms with Gasteiger partial charge in [0.25, 0.3) is 0 Å². The van der Waals surface area contributed by atoms with Crippen molar-refractivity contribution in [1.29, 1.82) is 0 Å². The van der Waals surface area contributed by atoms with Crippen molar-refractivity contribution < 1.29 is 8.42 Å². The molecule has 1 heterocycles. The van der Waals surface area contributed by atoms with E-state index in [4.69, 9.17) is 11.6 Å². The van der Waals surface area contributed by atoms with Gasteiger partial charge in [0.05, 0.1) is 9.50 Å². The highest BCUT2D eigenvalue weighted by Gasteiger charge is 2.17. The lowest BCUT2D eigenvalue weighted by Gasteiger charge is -2.04. The van der Waals surface area contributed by atoms with Gasteiger partial charge in [-0.25, -0.2) is 13.1 Å². The van der Waals surface area contributed by atoms with Gasteiger partial charge in [0.2, 0.25) is 10.0 Å². The van der Waals surface area contributed by atoms with Crippen molar-refractivity contribution in [3.63, 3.8) is 0 Å². The summed E-state index contributed by atoms with van der Waals surface area (Å²) in [4.78, 5) is 3.67. The summed E-state index contributed by atoms with van der Waals surface area (Å²) >= 11 is 8.83. The SMILES string of the molecule is CNS(=O)(=O)c1cncc(Br)c1Cl. The molecule has 1 N–H and O–H groups in total. The zero-order valence-corrected chi connectivity index (χ0v) is 9.74. The molecule has 0 bridgehead atoms. The van der Waals surface area contributed by atoms with Crippen molar-refractivity contribution in [1.82, 2.24) is 9.71 Å². The topological polar surface area (TPSA) is 59.1 Å². The van der Waals surface area contributed by atoms with Gasteiger partial charge < -0.3 is 0 Å². The van der Waals surface area contributed by atoms with Crippen LogP contribution in [0.2, 0.25) is 5.02 Å². The molecule has 72 valence electrons. The molecule has 1 aromatic rings. The third-order valence-corrected chi connectivity index (χ3v) is 4.14. The number of pyridine rings is 1. The van der Waals surface area contributed by atoms with E-state index in [-0.39, 0.29) is 9.92 Å². The first kappa shape index (κ1) is 10.9. The number of halogens is 2. The maximum Gasteiger partial charge on any atom is 0.243 e. The number of rotatable bonds is 2. The average Bonchev–Trinajstić information content (AvgIpc) is 2.09. The summed E-state index contributed by atoms with van der Waals surface area (Å²) in [7, 11) is -2.21. The lowest BCUT2D eigenvalue weighted by atomic mass is 10.5. The Morgan fingerprint density at radius 3 is 2.69 bits per heavy atom. The fraction of sp³-hybridized carbons (Fsp3) is 0.167. The minimum atomic E-state index is -3.53. The molecule has 0 aliphatic heterocycles. The average molecular weight is 286 g/mol. The molecule has 0 fully saturated rings. The van der Waals surface area contributed by atoms with E-state index in [0.717, 1.165) is 0 Å². The highest BCUT2D eigenvalue weighted by atomic mass is 79.9. The van der Waals surface area contributed by atoms with E-state index in [2.05, 4.69) is 25.6 Å². The van der Waals surface area contributed by atoms with E-state index < -0.39 is 10.0 Å². The lowest BCUT2D eigenvalue weighted by molar-refractivity contribution is 0.588. The van der Waals surface area contributed by atoms with Gasteiger partial charge >= 0.3 is 0 Å². The van der Waals surface area contributed by atoms with Crippen LogP contribution in [0.4, 0.5) is 0 Å². The zero-order valence-electron chi connectivity index (χ0n) is 6.58. The first-order valence-electron chi connectivity index (χ1n) is 3.21. The third kappa shape index (κ3) is 2.19. The largest absolute Gasteiger partial charge is 0.262 e. The van der Waals surface area contributed by atoms with Crippen LogP contribution in [-0.2, 0) is 10.0 Å². The van der Waals surface area contributed by atoms with E-state index in [1.54, 1.807) is 0 Å². The molecule has 1 rings (SSSR count). The quantitative estimate of drug-likeness (QED) is 0.894. The molecule has 0 amide bonds. The fourth-order valence-electron chi connectivity index (χ4n) is 0.699. The van der Waals surface area contributed by atoms with Crippen LogP contribution in [-0.4, -0.2) is 20.4 Å². The van der Waals surface area contributed by atoms with E-state index >= 15 is 0 Å². The summed E-state index contributed by atoms with van der Waals surface area (Å²) in [6, 6.07) is 0. The maximum absolute atomic E-state index is 11.3. The standard InChI is InChI=1S/C6H6BrClN2O2S/c1-9-13(11,12)5-3-10-2-4(7)6(5)8/h2-3,9H,1H3. The van der Waals surface area contributed by atoms with E-state index in [9.17, 15) is 8.42 Å². The monoisotopic (exact) mass is 284 g/mol. The van der Waals surface area contributed by atoms with Crippen molar-refractivity contribution in [3.05, 3.63) is 21.9 Å². The molecule has 0 aliphatic carbocycles. The first-order valence-corrected chi connectivity index (χ1v) is 5.87. The summed E-state index contributed by atoms with van der Waals surface area (Å²) in [5, 5.41) is 0.129. The Hall–Kier alpha value is -0.170. The minimum absolute atomic E-state index is 0.0361. The Kier molecular flexibility index (Phi) is 3.28. The number of nitrogens with zero attached hydrogens (tertiary/aromatic N) is 1. The van der Waals surface area contributed by atoms with Crippen LogP contribution in [0.15, 0.2) is 21.8 Å². The second kappa shape index (κ2) is 3.91. The van der Waals surface area contributed by atoms with Crippen LogP contribution in [0, 0.1) is 0 Å². The molecule has 0 atom stereocenters. The molecular weight excluding hydrogens is 280 g/mol. The van der Waals surface area contributed by atoms with Gasteiger partial charge in [0, 0.05) is 12.4 Å². The molecule has 0 unspecified atom stereocenters. The van der Waals surface area contributed by atoms with Crippen molar-refractivity contribution >= 4 is 37.6 Å². The summed E-state index contributed by atoms with van der Waals surface area (Å²) in [5.74, 6) is 0. The predicted molar refractivity (Wildman–Crippen MR) is 53.2 cm³/mol. The second-order valence-electron chi connectivity index (χ2n) is 2.14. The van der Waals surface area contributed by atoms with Crippen LogP contribution in [0.5, 0.6) is 0 Å². The molecule has 0 saturated carbocycles. The third-order valence-electron chi connectivity index (χ3n) is 1.36. The van der Waals surface area contributed by atoms with E-state index in [1.165, 1.54) is 19.4 Å². The molecule has 0 aromatic carbocycles. The van der Waals surface area contributed by atoms with Crippen molar-refractivity contribution in [2.24, 2.45) is 0 Å². The fourth-order valence-corrected chi connectivity index (χ4v) is 2.33. The van der Waals surface area contributed by atoms with Crippen molar-refractivity contribution in [3.8, 4) is 0 Å². The van der Waals surface area contributed by atoms with Gasteiger partial charge in [0.15, 0.2) is 0 Å². The Labute approximate surface area is 89.5 Å². The smallest absolute Gasteiger partial charge is 0.243 e. The molecule has 1 aromatic heterocycles. The predicted octanol–water partition coefficient (Wildman–Crippen LogP) is 1.41. The number of hydrogen-bond acceptors (Lipinski definition) is 3. The molecule has 0 aliphatic rings. The van der Waals surface area contributed by atoms with Crippen LogP contribution in [0.3, 0.4) is 0 Å². The van der Waals surface area contributed by atoms with Gasteiger partial charge in [-0.15, -0.1) is 0 Å². The van der Waals surface area contributed by atoms with Gasteiger partial charge in [-0.3, -0.25) is 4.98 Å². The molecule has 7 heteroatoms. The molecule has 0 radical (unpaired) electrons. The lowest BCUT2D eigenvalue weighted by Crippen LogP contribution is -2.19. The van der Waals surface area contributed by atoms with Crippen LogP contribution in [0.25, 0.3) is 0 Å². The first-order chi connectivity index (χ1) is 5.99. The van der Waals surface area contributed by atoms with Crippen molar-refractivity contribution in [2.45, 2.75) is 4.90 Å². The summed E-state index contributed by atoms with van der Waals surface area (Å²) in [6.07, 6.45) is 2.62. The Morgan fingerprint density at radius 2 is 2.15 bits per heavy atom. The number of aromatic nitrogens is 1. The van der Waals surface area contributed by atoms with Gasteiger partial charge in [-0.1, -0.05) is 11.6 Å². The van der Waals surface area contributed by atoms with Crippen LogP contribution >= 0.6 is 27.5 Å². The molecule has 4 nitrogen and oxygen atoms in total. The Balaban J connectivity index is 3.40. The van der Waals surface area contributed by atoms with E-state index in [1.807, 2.05) is 0 Å². The number of sulfonamides is 1. The van der Waals surface area contributed by atoms with Crippen molar-refractivity contribution in [2.75, 3.05) is 7.05 Å². The zero-order chi connectivity index (χ0) is 10.1. The molecule has 0 saturated heterocycles. The number of hydrogen-bond donors (Lipinski definition) is 1. The van der Waals surface area contributed by atoms with Gasteiger partial charge in [-0.05, 0) is 23.0 Å². The van der Waals surface area contributed by atoms with Gasteiger partial charge in [-0.2, -0.15) is 0 Å². The molecule has 0 spiro atoms. The second-order valence-corrected chi connectivity index (χ2v) is 5.23. The summed E-state index contributed by atoms with van der Waals surface area (Å²) < 4.78 is 25.2. The van der Waals surface area contributed by atoms with Crippen LogP contribution < -0.4 is 4.72 Å². The minimum Gasteiger partial charge on any atom is -0.262 e. The van der Waals surface area contributed by atoms with E-state index in [0.29, 0.717) is 4.47 Å². The highest BCUT2D eigenvalue weighted by molar-refractivity contribution is 9.10. The van der Waals surface area contributed by atoms with Gasteiger partial charge in [0.1, 0.15) is 4.90 Å². The number of nitrogens with one attached hydrogen (secondary N) is 1. The molecular formula is C6H6BrClN2O2S. The molecule has 13 heavy (non-hydrogen) atoms. The Morgan fingerprint density at radius 1 is 1.54 bits per heavy atom. The normalized spacial score (nSPS) is 11.6. The summed E-state index contributed by atoms with van der Waals surface area (Å²) in [6.45, 7) is 0. The maximum atomic E-state index is 11.3.